The topological polar surface area (TPSA) is 78.4 Å². The molecule has 0 saturated heterocycles. The number of amides is 2. The summed E-state index contributed by atoms with van der Waals surface area (Å²) >= 11 is 0. The number of rotatable bonds is 4. The fourth-order valence-corrected chi connectivity index (χ4v) is 1.33. The lowest BCUT2D eigenvalue weighted by Gasteiger charge is -2.28. The molecule has 0 fully saturated rings. The van der Waals surface area contributed by atoms with Crippen molar-refractivity contribution in [1.82, 2.24) is 10.6 Å². The monoisotopic (exact) mass is 308 g/mol. The maximum atomic E-state index is 13.2. The van der Waals surface area contributed by atoms with E-state index < -0.39 is 29.5 Å². The summed E-state index contributed by atoms with van der Waals surface area (Å²) in [4.78, 5) is 22.1. The van der Waals surface area contributed by atoms with E-state index in [1.54, 1.807) is 0 Å². The Morgan fingerprint density at radius 3 is 2.29 bits per heavy atom. The molecule has 116 valence electrons. The van der Waals surface area contributed by atoms with Crippen molar-refractivity contribution in [2.45, 2.75) is 25.2 Å². The van der Waals surface area contributed by atoms with Gasteiger partial charge in [-0.1, -0.05) is 18.2 Å². The van der Waals surface area contributed by atoms with Gasteiger partial charge in [-0.3, -0.25) is 0 Å². The van der Waals surface area contributed by atoms with E-state index >= 15 is 0 Å². The van der Waals surface area contributed by atoms with Gasteiger partial charge in [0.05, 0.1) is 0 Å². The van der Waals surface area contributed by atoms with E-state index in [2.05, 4.69) is 0 Å². The molecule has 1 aromatic carbocycles. The third-order valence-electron chi connectivity index (χ3n) is 2.76. The highest BCUT2D eigenvalue weighted by molar-refractivity contribution is 5.86. The maximum absolute atomic E-state index is 13.2. The Bertz CT molecular complexity index is 548. The van der Waals surface area contributed by atoms with Gasteiger partial charge in [0.25, 0.3) is 0 Å². The van der Waals surface area contributed by atoms with Crippen molar-refractivity contribution < 1.29 is 32.3 Å². The molecular weight excluding hydrogens is 296 g/mol. The van der Waals surface area contributed by atoms with E-state index in [1.807, 2.05) is 5.32 Å². The Hall–Kier alpha value is -2.32. The Labute approximate surface area is 117 Å². The van der Waals surface area contributed by atoms with Crippen LogP contribution in [0.3, 0.4) is 0 Å². The minimum Gasteiger partial charge on any atom is -0.479 e. The summed E-state index contributed by atoms with van der Waals surface area (Å²) in [6, 6.07) is 3.96. The van der Waals surface area contributed by atoms with Gasteiger partial charge in [-0.25, -0.2) is 14.0 Å². The van der Waals surface area contributed by atoms with Gasteiger partial charge in [0.15, 0.2) is 0 Å². The smallest absolute Gasteiger partial charge is 0.422 e. The molecule has 1 rings (SSSR count). The molecule has 5 nitrogen and oxygen atoms in total. The number of nitrogens with one attached hydrogen (secondary N) is 2. The van der Waals surface area contributed by atoms with Crippen LogP contribution in [0.25, 0.3) is 0 Å². The quantitative estimate of drug-likeness (QED) is 0.745. The van der Waals surface area contributed by atoms with Crippen LogP contribution in [0.4, 0.5) is 22.4 Å². The zero-order valence-electron chi connectivity index (χ0n) is 10.8. The Morgan fingerprint density at radius 2 is 1.81 bits per heavy atom. The van der Waals surface area contributed by atoms with Crippen LogP contribution < -0.4 is 10.6 Å². The van der Waals surface area contributed by atoms with Gasteiger partial charge >= 0.3 is 18.2 Å². The van der Waals surface area contributed by atoms with Crippen LogP contribution in [-0.2, 0) is 11.3 Å². The Morgan fingerprint density at radius 1 is 1.24 bits per heavy atom. The molecule has 0 aliphatic heterocycles. The average molecular weight is 308 g/mol. The summed E-state index contributed by atoms with van der Waals surface area (Å²) in [6.45, 7) is -0.0654. The molecule has 1 atom stereocenters. The van der Waals surface area contributed by atoms with Gasteiger partial charge in [-0.15, -0.1) is 0 Å². The van der Waals surface area contributed by atoms with E-state index in [9.17, 15) is 27.2 Å². The molecule has 1 aromatic rings. The van der Waals surface area contributed by atoms with Crippen molar-refractivity contribution in [3.05, 3.63) is 35.6 Å². The van der Waals surface area contributed by atoms with Gasteiger partial charge < -0.3 is 15.7 Å². The largest absolute Gasteiger partial charge is 0.479 e. The van der Waals surface area contributed by atoms with Crippen molar-refractivity contribution in [3.8, 4) is 0 Å². The SMILES string of the molecule is CC(NC(=O)NCc1ccccc1F)(C(=O)O)C(F)(F)F. The predicted octanol–water partition coefficient (Wildman–Crippen LogP) is 2.03. The van der Waals surface area contributed by atoms with Crippen molar-refractivity contribution in [2.24, 2.45) is 0 Å². The zero-order chi connectivity index (χ0) is 16.3. The Balaban J connectivity index is 2.73. The van der Waals surface area contributed by atoms with Crippen LogP contribution in [0.15, 0.2) is 24.3 Å². The zero-order valence-corrected chi connectivity index (χ0v) is 10.8. The van der Waals surface area contributed by atoms with Crippen LogP contribution in [0.5, 0.6) is 0 Å². The van der Waals surface area contributed by atoms with Crippen LogP contribution >= 0.6 is 0 Å². The lowest BCUT2D eigenvalue weighted by molar-refractivity contribution is -0.203. The second kappa shape index (κ2) is 5.98. The summed E-state index contributed by atoms with van der Waals surface area (Å²) in [5.41, 5.74) is -3.39. The van der Waals surface area contributed by atoms with E-state index in [0.29, 0.717) is 6.92 Å². The fourth-order valence-electron chi connectivity index (χ4n) is 1.33. The number of hydrogen-bond donors (Lipinski definition) is 3. The number of benzene rings is 1. The lowest BCUT2D eigenvalue weighted by atomic mass is 10.0. The second-order valence-corrected chi connectivity index (χ2v) is 4.33. The number of alkyl halides is 3. The number of urea groups is 1. The molecule has 0 aliphatic rings. The molecular formula is C12H12F4N2O3. The number of halogens is 4. The second-order valence-electron chi connectivity index (χ2n) is 4.33. The van der Waals surface area contributed by atoms with Gasteiger partial charge in [0, 0.05) is 12.1 Å². The van der Waals surface area contributed by atoms with Crippen LogP contribution in [0.2, 0.25) is 0 Å². The van der Waals surface area contributed by atoms with Crippen molar-refractivity contribution >= 4 is 12.0 Å². The van der Waals surface area contributed by atoms with E-state index in [4.69, 9.17) is 5.11 Å². The summed E-state index contributed by atoms with van der Waals surface area (Å²) in [6.07, 6.45) is -5.19. The molecule has 0 saturated carbocycles. The minimum atomic E-state index is -5.19. The summed E-state index contributed by atoms with van der Waals surface area (Å²) in [7, 11) is 0. The highest BCUT2D eigenvalue weighted by Crippen LogP contribution is 2.30. The summed E-state index contributed by atoms with van der Waals surface area (Å²) in [5, 5.41) is 11.9. The number of carboxylic acid groups (broad SMARTS) is 1. The Kier molecular flexibility index (Phi) is 4.77. The van der Waals surface area contributed by atoms with E-state index in [-0.39, 0.29) is 12.1 Å². The first-order chi connectivity index (χ1) is 9.58. The standard InChI is InChI=1S/C12H12F4N2O3/c1-11(9(19)20,12(14,15)16)18-10(21)17-6-7-4-2-3-5-8(7)13/h2-5H,6H2,1H3,(H,19,20)(H2,17,18,21). The molecule has 0 aliphatic carbocycles. The molecule has 3 N–H and O–H groups in total. The molecule has 1 unspecified atom stereocenters. The highest BCUT2D eigenvalue weighted by atomic mass is 19.4. The maximum Gasteiger partial charge on any atom is 0.422 e. The van der Waals surface area contributed by atoms with Crippen molar-refractivity contribution in [3.63, 3.8) is 0 Å². The minimum absolute atomic E-state index is 0.0525. The van der Waals surface area contributed by atoms with Crippen molar-refractivity contribution in [1.29, 1.82) is 0 Å². The van der Waals surface area contributed by atoms with Gasteiger partial charge in [-0.05, 0) is 13.0 Å². The molecule has 0 heterocycles. The first kappa shape index (κ1) is 16.7. The summed E-state index contributed by atoms with van der Waals surface area (Å²) in [5.74, 6) is -2.90. The third-order valence-corrected chi connectivity index (χ3v) is 2.76. The highest BCUT2D eigenvalue weighted by Gasteiger charge is 2.58. The number of aliphatic carboxylic acids is 1. The number of carbonyl (C=O) groups is 2. The molecule has 0 spiro atoms. The molecule has 21 heavy (non-hydrogen) atoms. The lowest BCUT2D eigenvalue weighted by Crippen LogP contribution is -2.63. The molecule has 2 amide bonds. The molecule has 0 radical (unpaired) electrons. The molecule has 0 bridgehead atoms. The molecule has 0 aromatic heterocycles. The number of carbonyl (C=O) groups excluding carboxylic acids is 1. The number of hydrogen-bond acceptors (Lipinski definition) is 2. The normalized spacial score (nSPS) is 14.1. The number of carboxylic acids is 1. The van der Waals surface area contributed by atoms with Gasteiger partial charge in [0.1, 0.15) is 5.82 Å². The van der Waals surface area contributed by atoms with Crippen LogP contribution in [0.1, 0.15) is 12.5 Å². The predicted molar refractivity (Wildman–Crippen MR) is 63.9 cm³/mol. The first-order valence-corrected chi connectivity index (χ1v) is 5.67. The van der Waals surface area contributed by atoms with Crippen LogP contribution in [-0.4, -0.2) is 28.8 Å². The fraction of sp³-hybridized carbons (Fsp3) is 0.333. The average Bonchev–Trinajstić information content (AvgIpc) is 2.36. The van der Waals surface area contributed by atoms with Gasteiger partial charge in [-0.2, -0.15) is 13.2 Å². The third kappa shape index (κ3) is 3.83. The first-order valence-electron chi connectivity index (χ1n) is 5.67. The summed E-state index contributed by atoms with van der Waals surface area (Å²) < 4.78 is 51.2. The van der Waals surface area contributed by atoms with E-state index in [1.165, 1.54) is 23.5 Å². The van der Waals surface area contributed by atoms with Gasteiger partial charge in [0.2, 0.25) is 5.54 Å². The van der Waals surface area contributed by atoms with Crippen LogP contribution in [0, 0.1) is 5.82 Å². The molecule has 9 heteroatoms. The van der Waals surface area contributed by atoms with E-state index in [0.717, 1.165) is 6.07 Å². The van der Waals surface area contributed by atoms with Crippen molar-refractivity contribution in [2.75, 3.05) is 0 Å².